The molecule has 4 aromatic rings. The van der Waals surface area contributed by atoms with E-state index in [4.69, 9.17) is 39.0 Å². The van der Waals surface area contributed by atoms with Crippen LogP contribution in [0.5, 0.6) is 0 Å². The molecule has 3 aliphatic heterocycles. The lowest BCUT2D eigenvalue weighted by Gasteiger charge is -2.25. The maximum absolute atomic E-state index is 13.9. The summed E-state index contributed by atoms with van der Waals surface area (Å²) in [5, 5.41) is 22.1. The number of hydrogen-bond acceptors (Lipinski definition) is 18. The summed E-state index contributed by atoms with van der Waals surface area (Å²) in [5.41, 5.74) is 9.99. The number of imidazole rings is 2. The first-order chi connectivity index (χ1) is 21.7. The van der Waals surface area contributed by atoms with Crippen molar-refractivity contribution in [1.82, 2.24) is 39.0 Å². The minimum atomic E-state index is -5.17. The quantitative estimate of drug-likeness (QED) is 0.0865. The van der Waals surface area contributed by atoms with Gasteiger partial charge in [0, 0.05) is 0 Å². The molecule has 0 radical (unpaired) electrons. The zero-order valence-corrected chi connectivity index (χ0v) is 24.5. The number of phosphoric ester groups is 2. The number of nitrogens with zero attached hydrogens (tertiary/aromatic N) is 7. The Morgan fingerprint density at radius 3 is 2.15 bits per heavy atom. The van der Waals surface area contributed by atoms with Crippen molar-refractivity contribution in [3.05, 3.63) is 29.1 Å². The van der Waals surface area contributed by atoms with Gasteiger partial charge in [0.2, 0.25) is 5.95 Å². The number of ether oxygens (including phenoxy) is 2. The monoisotopic (exact) mass is 692 g/mol. The summed E-state index contributed by atoms with van der Waals surface area (Å²) in [5.74, 6) is -0.627. The number of halogens is 1. The Morgan fingerprint density at radius 2 is 1.43 bits per heavy atom. The van der Waals surface area contributed by atoms with Gasteiger partial charge in [0.1, 0.15) is 36.6 Å². The van der Waals surface area contributed by atoms with Crippen molar-refractivity contribution in [2.75, 3.05) is 24.7 Å². The van der Waals surface area contributed by atoms with E-state index in [0.29, 0.717) is 0 Å². The molecule has 46 heavy (non-hydrogen) atoms. The van der Waals surface area contributed by atoms with Gasteiger partial charge in [0.25, 0.3) is 5.56 Å². The highest BCUT2D eigenvalue weighted by Gasteiger charge is 2.54. The average molecular weight is 692 g/mol. The summed E-state index contributed by atoms with van der Waals surface area (Å²) in [6.45, 7) is -1.77. The molecule has 0 aromatic carbocycles. The minimum Gasteiger partial charge on any atom is -0.387 e. The first kappa shape index (κ1) is 31.1. The van der Waals surface area contributed by atoms with Crippen LogP contribution in [0.2, 0.25) is 0 Å². The van der Waals surface area contributed by atoms with E-state index < -0.39 is 89.6 Å². The maximum Gasteiger partial charge on any atom is 0.472 e. The SMILES string of the molecule is Nc1nc2c(ncn2[C@@H]2O[C@@H]3COP(=O)(O)O[C@H]4[C@H](O)[C@H](n5cnc6c(N)nc(F)nc65)O[C@@H]4COP(=O)(O)O[C@@H]2[C@@H]3O)c(=O)[nH]1. The van der Waals surface area contributed by atoms with Crippen LogP contribution in [0.4, 0.5) is 16.2 Å². The molecule has 2 unspecified atom stereocenters. The van der Waals surface area contributed by atoms with E-state index in [1.807, 2.05) is 0 Å². The molecule has 3 saturated heterocycles. The van der Waals surface area contributed by atoms with E-state index in [0.717, 1.165) is 21.8 Å². The Morgan fingerprint density at radius 1 is 0.848 bits per heavy atom. The van der Waals surface area contributed by atoms with Crippen LogP contribution in [0, 0.1) is 6.08 Å². The second-order valence-corrected chi connectivity index (χ2v) is 13.1. The van der Waals surface area contributed by atoms with Gasteiger partial charge in [-0.3, -0.25) is 37.0 Å². The number of H-pyrrole nitrogens is 1. The van der Waals surface area contributed by atoms with Crippen LogP contribution in [-0.4, -0.2) is 109 Å². The molecule has 23 nitrogen and oxygen atoms in total. The van der Waals surface area contributed by atoms with Crippen LogP contribution in [0.15, 0.2) is 17.4 Å². The third-order valence-corrected chi connectivity index (χ3v) is 9.33. The molecular weight excluding hydrogens is 669 g/mol. The van der Waals surface area contributed by atoms with Crippen LogP contribution in [-0.2, 0) is 36.7 Å². The van der Waals surface area contributed by atoms with Gasteiger partial charge in [0.15, 0.2) is 40.6 Å². The van der Waals surface area contributed by atoms with Gasteiger partial charge in [-0.25, -0.2) is 19.1 Å². The molecule has 2 bridgehead atoms. The molecule has 0 saturated carbocycles. The Bertz CT molecular complexity index is 1990. The van der Waals surface area contributed by atoms with Crippen molar-refractivity contribution in [1.29, 1.82) is 0 Å². The average Bonchev–Trinajstić information content (AvgIpc) is 3.72. The second-order valence-electron chi connectivity index (χ2n) is 10.3. The van der Waals surface area contributed by atoms with E-state index in [1.165, 1.54) is 0 Å². The lowest BCUT2D eigenvalue weighted by molar-refractivity contribution is -0.0672. The standard InChI is InChI=1S/C20H23FN10O13P2/c21-19-26-13(22)7-14(27-19)30(3-24-7)17-10(33)11-6(42-17)2-40-46(37,38)44-12-9(32)5(1-39-45(35,36)43-11)41-18(12)31-4-25-8-15(31)28-20(23)29-16(8)34/h3-6,9-12,17-18,32-33H,1-2H2,(H,35,36)(H,37,38)(H2,22,26,27)(H3,23,28,29,34)/t5-,6-,9-,10+,11-,12-,17-,18-/m1/s1. The zero-order chi connectivity index (χ0) is 32.7. The Hall–Kier alpha value is -3.51. The van der Waals surface area contributed by atoms with E-state index in [2.05, 4.69) is 29.9 Å². The van der Waals surface area contributed by atoms with Crippen molar-refractivity contribution in [2.45, 2.75) is 49.1 Å². The summed E-state index contributed by atoms with van der Waals surface area (Å²) < 4.78 is 74.5. The van der Waals surface area contributed by atoms with Gasteiger partial charge in [-0.2, -0.15) is 19.3 Å². The molecule has 0 aliphatic carbocycles. The molecule has 26 heteroatoms. The fraction of sp³-hybridized carbons (Fsp3) is 0.500. The van der Waals surface area contributed by atoms with Crippen molar-refractivity contribution in [3.63, 3.8) is 0 Å². The van der Waals surface area contributed by atoms with Crippen molar-refractivity contribution in [2.24, 2.45) is 0 Å². The molecule has 3 aliphatic rings. The van der Waals surface area contributed by atoms with E-state index in [9.17, 15) is 38.3 Å². The lowest BCUT2D eigenvalue weighted by Crippen LogP contribution is -2.36. The van der Waals surface area contributed by atoms with E-state index in [1.54, 1.807) is 0 Å². The Balaban J connectivity index is 1.21. The minimum absolute atomic E-state index is 0.0577. The molecule has 0 spiro atoms. The van der Waals surface area contributed by atoms with E-state index in [-0.39, 0.29) is 34.1 Å². The van der Waals surface area contributed by atoms with Gasteiger partial charge in [-0.1, -0.05) is 0 Å². The highest BCUT2D eigenvalue weighted by atomic mass is 31.2. The first-order valence-corrected chi connectivity index (χ1v) is 16.1. The molecule has 7 rings (SSSR count). The number of nitrogen functional groups attached to an aromatic ring is 2. The number of aromatic amines is 1. The predicted octanol–water partition coefficient (Wildman–Crippen LogP) is -2.20. The summed E-state index contributed by atoms with van der Waals surface area (Å²) in [6, 6.07) is 0. The normalized spacial score (nSPS) is 37.2. The number of rotatable bonds is 2. The number of aliphatic hydroxyl groups is 2. The molecule has 9 N–H and O–H groups in total. The molecule has 248 valence electrons. The first-order valence-electron chi connectivity index (χ1n) is 13.1. The molecule has 4 aromatic heterocycles. The molecule has 3 fully saturated rings. The van der Waals surface area contributed by atoms with Gasteiger partial charge < -0.3 is 40.9 Å². The van der Waals surface area contributed by atoms with Crippen molar-refractivity contribution in [3.8, 4) is 0 Å². The summed E-state index contributed by atoms with van der Waals surface area (Å²) >= 11 is 0. The number of anilines is 2. The van der Waals surface area contributed by atoms with Gasteiger partial charge in [0.05, 0.1) is 25.9 Å². The molecule has 7 heterocycles. The molecular formula is C20H23FN10O13P2. The largest absolute Gasteiger partial charge is 0.472 e. The second kappa shape index (κ2) is 11.0. The number of nitrogens with two attached hydrogens (primary N) is 2. The zero-order valence-electron chi connectivity index (χ0n) is 22.7. The number of aliphatic hydroxyl groups excluding tert-OH is 2. The Kier molecular flexibility index (Phi) is 7.47. The van der Waals surface area contributed by atoms with Gasteiger partial charge >= 0.3 is 21.7 Å². The number of aromatic nitrogens is 8. The van der Waals surface area contributed by atoms with Crippen LogP contribution in [0.3, 0.4) is 0 Å². The fourth-order valence-corrected chi connectivity index (χ4v) is 7.23. The van der Waals surface area contributed by atoms with Crippen LogP contribution < -0.4 is 17.0 Å². The molecule has 0 amide bonds. The van der Waals surface area contributed by atoms with Gasteiger partial charge in [-0.15, -0.1) is 0 Å². The van der Waals surface area contributed by atoms with Gasteiger partial charge in [-0.05, 0) is 0 Å². The van der Waals surface area contributed by atoms with Crippen molar-refractivity contribution >= 4 is 49.7 Å². The summed E-state index contributed by atoms with van der Waals surface area (Å²) in [4.78, 5) is 54.6. The summed E-state index contributed by atoms with van der Waals surface area (Å²) in [6.07, 6.45) is -12.4. The number of phosphoric acid groups is 2. The highest BCUT2D eigenvalue weighted by molar-refractivity contribution is 7.47. The lowest BCUT2D eigenvalue weighted by atomic mass is 10.1. The molecule has 10 atom stereocenters. The number of hydrogen-bond donors (Lipinski definition) is 7. The van der Waals surface area contributed by atoms with Crippen LogP contribution in [0.1, 0.15) is 12.5 Å². The maximum atomic E-state index is 13.9. The van der Waals surface area contributed by atoms with E-state index >= 15 is 0 Å². The fourth-order valence-electron chi connectivity index (χ4n) is 5.34. The Labute approximate surface area is 253 Å². The third kappa shape index (κ3) is 5.36. The third-order valence-electron chi connectivity index (χ3n) is 7.36. The summed E-state index contributed by atoms with van der Waals surface area (Å²) in [7, 11) is -10.3. The smallest absolute Gasteiger partial charge is 0.387 e. The van der Waals surface area contributed by atoms with Crippen LogP contribution >= 0.6 is 15.6 Å². The highest BCUT2D eigenvalue weighted by Crippen LogP contribution is 2.53. The number of nitrogens with one attached hydrogen (secondary N) is 1. The number of fused-ring (bicyclic) bond motifs is 5. The van der Waals surface area contributed by atoms with Crippen LogP contribution in [0.25, 0.3) is 22.3 Å². The topological polar surface area (TPSA) is 330 Å². The van der Waals surface area contributed by atoms with Crippen molar-refractivity contribution < 1.29 is 61.1 Å². The predicted molar refractivity (Wildman–Crippen MR) is 143 cm³/mol.